The molecule has 1 amide bonds. The minimum atomic E-state index is -3.79. The molecule has 24 heavy (non-hydrogen) atoms. The van der Waals surface area contributed by atoms with Crippen LogP contribution in [0.1, 0.15) is 11.1 Å². The smallest absolute Gasteiger partial charge is 0.329 e. The average Bonchev–Trinajstić information content (AvgIpc) is 2.66. The zero-order valence-electron chi connectivity index (χ0n) is 14.9. The number of amides is 1. The molecule has 1 saturated heterocycles. The van der Waals surface area contributed by atoms with Gasteiger partial charge in [-0.3, -0.25) is 4.79 Å². The van der Waals surface area contributed by atoms with Gasteiger partial charge in [0.15, 0.2) is 0 Å². The van der Waals surface area contributed by atoms with Gasteiger partial charge in [-0.1, -0.05) is 31.8 Å². The van der Waals surface area contributed by atoms with E-state index in [0.29, 0.717) is 12.2 Å². The minimum absolute atomic E-state index is 0.120. The fraction of sp³-hybridized carbons (Fsp3) is 0.562. The molecule has 0 aromatic heterocycles. The third kappa shape index (κ3) is 3.99. The number of carbonyl (C=O) groups is 1. The van der Waals surface area contributed by atoms with Crippen molar-refractivity contribution in [2.45, 2.75) is 39.0 Å². The van der Waals surface area contributed by atoms with Crippen molar-refractivity contribution in [2.75, 3.05) is 23.9 Å². The monoisotopic (exact) mass is 369 g/mol. The second-order valence-electron chi connectivity index (χ2n) is 7.45. The predicted octanol–water partition coefficient (Wildman–Crippen LogP) is 1.73. The molecule has 0 unspecified atom stereocenters. The van der Waals surface area contributed by atoms with Crippen LogP contribution in [0.25, 0.3) is 0 Å². The summed E-state index contributed by atoms with van der Waals surface area (Å²) in [4.78, 5) is 12.3. The van der Waals surface area contributed by atoms with E-state index in [4.69, 9.17) is 5.73 Å². The molecular weight excluding hydrogens is 342 g/mol. The zero-order chi connectivity index (χ0) is 18.1. The second kappa shape index (κ2) is 6.85. The summed E-state index contributed by atoms with van der Waals surface area (Å²) >= 11 is 0. The zero-order valence-corrected chi connectivity index (χ0v) is 16.7. The molecule has 2 rings (SSSR count). The molecule has 0 atom stereocenters. The number of rotatable bonds is 6. The number of carbonyl (C=O) groups excluding carboxylic acids is 1. The summed E-state index contributed by atoms with van der Waals surface area (Å²) in [5.74, 6) is -0.348. The standard InChI is InChI=1S/C16H27N3O3SSi/c1-13-11-14(7-8-17)5-6-15(13)19-12-16(20)18(23(19,21)22)9-10-24(2,3)4/h5-6,11H,7-10,12,17H2,1-4H3. The van der Waals surface area contributed by atoms with E-state index in [-0.39, 0.29) is 19.0 Å². The van der Waals surface area contributed by atoms with Gasteiger partial charge >= 0.3 is 10.2 Å². The van der Waals surface area contributed by atoms with E-state index < -0.39 is 18.3 Å². The van der Waals surface area contributed by atoms with Gasteiger partial charge in [-0.15, -0.1) is 0 Å². The van der Waals surface area contributed by atoms with Gasteiger partial charge in [-0.05, 0) is 43.1 Å². The molecule has 1 aromatic rings. The number of nitrogens with two attached hydrogens (primary N) is 1. The highest BCUT2D eigenvalue weighted by molar-refractivity contribution is 7.91. The van der Waals surface area contributed by atoms with Crippen LogP contribution in [0.5, 0.6) is 0 Å². The summed E-state index contributed by atoms with van der Waals surface area (Å²) in [6.07, 6.45) is 0.745. The Balaban J connectivity index is 2.28. The highest BCUT2D eigenvalue weighted by atomic mass is 32.2. The second-order valence-corrected chi connectivity index (χ2v) is 14.8. The van der Waals surface area contributed by atoms with Gasteiger partial charge in [0.2, 0.25) is 0 Å². The molecule has 1 aromatic carbocycles. The highest BCUT2D eigenvalue weighted by Crippen LogP contribution is 2.30. The molecule has 1 aliphatic rings. The molecule has 0 aliphatic carbocycles. The number of hydrogen-bond donors (Lipinski definition) is 1. The van der Waals surface area contributed by atoms with Crippen molar-refractivity contribution in [1.82, 2.24) is 4.31 Å². The van der Waals surface area contributed by atoms with Crippen LogP contribution >= 0.6 is 0 Å². The number of benzene rings is 1. The Hall–Kier alpha value is -1.38. The Bertz CT molecular complexity index is 729. The van der Waals surface area contributed by atoms with E-state index in [9.17, 15) is 13.2 Å². The van der Waals surface area contributed by atoms with Crippen molar-refractivity contribution in [3.63, 3.8) is 0 Å². The topological polar surface area (TPSA) is 83.7 Å². The number of hydrogen-bond acceptors (Lipinski definition) is 4. The van der Waals surface area contributed by atoms with Crippen LogP contribution in [0.2, 0.25) is 25.7 Å². The summed E-state index contributed by atoms with van der Waals surface area (Å²) in [5, 5.41) is 0. The maximum absolute atomic E-state index is 12.8. The first kappa shape index (κ1) is 18.9. The van der Waals surface area contributed by atoms with Crippen LogP contribution < -0.4 is 10.0 Å². The Morgan fingerprint density at radius 2 is 1.92 bits per heavy atom. The first-order valence-corrected chi connectivity index (χ1v) is 13.3. The fourth-order valence-electron chi connectivity index (χ4n) is 2.74. The Morgan fingerprint density at radius 1 is 1.25 bits per heavy atom. The molecular formula is C16H27N3O3SSi. The molecule has 0 bridgehead atoms. The minimum Gasteiger partial charge on any atom is -0.330 e. The van der Waals surface area contributed by atoms with E-state index in [1.165, 1.54) is 4.31 Å². The first-order valence-electron chi connectivity index (χ1n) is 8.19. The maximum Gasteiger partial charge on any atom is 0.329 e. The summed E-state index contributed by atoms with van der Waals surface area (Å²) in [5.41, 5.74) is 8.04. The van der Waals surface area contributed by atoms with Crippen LogP contribution in [-0.4, -0.2) is 46.3 Å². The van der Waals surface area contributed by atoms with Crippen LogP contribution in [0.15, 0.2) is 18.2 Å². The van der Waals surface area contributed by atoms with Crippen molar-refractivity contribution in [1.29, 1.82) is 0 Å². The summed E-state index contributed by atoms with van der Waals surface area (Å²) in [6, 6.07) is 6.35. The van der Waals surface area contributed by atoms with E-state index in [1.807, 2.05) is 19.1 Å². The van der Waals surface area contributed by atoms with Crippen molar-refractivity contribution in [2.24, 2.45) is 5.73 Å². The van der Waals surface area contributed by atoms with Gasteiger partial charge in [0.05, 0.1) is 5.69 Å². The third-order valence-electron chi connectivity index (χ3n) is 4.14. The molecule has 2 N–H and O–H groups in total. The molecule has 6 nitrogen and oxygen atoms in total. The van der Waals surface area contributed by atoms with Gasteiger partial charge in [-0.2, -0.15) is 8.42 Å². The lowest BCUT2D eigenvalue weighted by Gasteiger charge is -2.23. The van der Waals surface area contributed by atoms with Crippen LogP contribution in [0, 0.1) is 6.92 Å². The van der Waals surface area contributed by atoms with Crippen LogP contribution in [-0.2, 0) is 21.4 Å². The molecule has 1 aliphatic heterocycles. The lowest BCUT2D eigenvalue weighted by Crippen LogP contribution is -2.37. The molecule has 0 spiro atoms. The highest BCUT2D eigenvalue weighted by Gasteiger charge is 2.43. The number of anilines is 1. The van der Waals surface area contributed by atoms with Crippen LogP contribution in [0.4, 0.5) is 5.69 Å². The SMILES string of the molecule is Cc1cc(CCN)ccc1N1CC(=O)N(CC[Si](C)(C)C)S1(=O)=O. The van der Waals surface area contributed by atoms with E-state index in [0.717, 1.165) is 27.9 Å². The maximum atomic E-state index is 12.8. The van der Waals surface area contributed by atoms with E-state index in [1.54, 1.807) is 6.07 Å². The Morgan fingerprint density at radius 3 is 2.46 bits per heavy atom. The Kier molecular flexibility index (Phi) is 5.41. The van der Waals surface area contributed by atoms with E-state index >= 15 is 0 Å². The lowest BCUT2D eigenvalue weighted by molar-refractivity contribution is -0.123. The quantitative estimate of drug-likeness (QED) is 0.774. The van der Waals surface area contributed by atoms with Gasteiger partial charge in [0, 0.05) is 14.6 Å². The fourth-order valence-corrected chi connectivity index (χ4v) is 5.40. The van der Waals surface area contributed by atoms with Crippen molar-refractivity contribution < 1.29 is 13.2 Å². The normalized spacial score (nSPS) is 17.6. The molecule has 1 heterocycles. The summed E-state index contributed by atoms with van der Waals surface area (Å²) in [7, 11) is -5.22. The van der Waals surface area contributed by atoms with Crippen molar-refractivity contribution in [3.05, 3.63) is 29.3 Å². The predicted molar refractivity (Wildman–Crippen MR) is 100 cm³/mol. The van der Waals surface area contributed by atoms with Crippen molar-refractivity contribution in [3.8, 4) is 0 Å². The van der Waals surface area contributed by atoms with E-state index in [2.05, 4.69) is 19.6 Å². The van der Waals surface area contributed by atoms with Crippen LogP contribution in [0.3, 0.4) is 0 Å². The van der Waals surface area contributed by atoms with Gasteiger partial charge in [0.25, 0.3) is 5.91 Å². The van der Waals surface area contributed by atoms with Crippen molar-refractivity contribution >= 4 is 29.9 Å². The molecule has 134 valence electrons. The van der Waals surface area contributed by atoms with Gasteiger partial charge in [0.1, 0.15) is 6.54 Å². The van der Waals surface area contributed by atoms with Gasteiger partial charge < -0.3 is 5.73 Å². The molecule has 0 saturated carbocycles. The Labute approximate surface area is 145 Å². The lowest BCUT2D eigenvalue weighted by atomic mass is 10.1. The largest absolute Gasteiger partial charge is 0.330 e. The summed E-state index contributed by atoms with van der Waals surface area (Å²) < 4.78 is 27.9. The number of aryl methyl sites for hydroxylation is 1. The molecule has 0 radical (unpaired) electrons. The van der Waals surface area contributed by atoms with Gasteiger partial charge in [-0.25, -0.2) is 8.61 Å². The summed E-state index contributed by atoms with van der Waals surface area (Å²) in [6.45, 7) is 9.06. The third-order valence-corrected chi connectivity index (χ3v) is 7.69. The molecule has 1 fully saturated rings. The molecule has 8 heteroatoms. The number of nitrogens with zero attached hydrogens (tertiary/aromatic N) is 2. The first-order chi connectivity index (χ1) is 11.1. The average molecular weight is 370 g/mol.